The van der Waals surface area contributed by atoms with Crippen LogP contribution in [0.2, 0.25) is 0 Å². The minimum atomic E-state index is -0.386. The number of carbonyl (C=O) groups is 1. The van der Waals surface area contributed by atoms with Crippen molar-refractivity contribution in [3.63, 3.8) is 0 Å². The first kappa shape index (κ1) is 10.2. The highest BCUT2D eigenvalue weighted by Crippen LogP contribution is 2.21. The zero-order valence-corrected chi connectivity index (χ0v) is 9.12. The monoisotopic (exact) mass is 207 g/mol. The smallest absolute Gasteiger partial charge is 0.269 e. The van der Waals surface area contributed by atoms with Gasteiger partial charge in [0, 0.05) is 13.0 Å². The average Bonchev–Trinajstić information content (AvgIpc) is 2.59. The first-order chi connectivity index (χ1) is 7.24. The Morgan fingerprint density at radius 1 is 1.53 bits per heavy atom. The van der Waals surface area contributed by atoms with E-state index in [2.05, 4.69) is 16.5 Å². The Hall–Kier alpha value is -1.32. The zero-order chi connectivity index (χ0) is 10.8. The second-order valence-electron chi connectivity index (χ2n) is 4.05. The van der Waals surface area contributed by atoms with Gasteiger partial charge in [-0.2, -0.15) is 0 Å². The molecule has 0 unspecified atom stereocenters. The van der Waals surface area contributed by atoms with Gasteiger partial charge in [0.1, 0.15) is 11.5 Å². The number of amides is 1. The fraction of sp³-hybridized carbons (Fsp3) is 0.636. The van der Waals surface area contributed by atoms with Crippen LogP contribution < -0.4 is 5.73 Å². The molecule has 0 atom stereocenters. The molecule has 0 spiro atoms. The second-order valence-corrected chi connectivity index (χ2v) is 4.05. The molecule has 2 heterocycles. The Kier molecular flexibility index (Phi) is 2.75. The van der Waals surface area contributed by atoms with Crippen LogP contribution >= 0.6 is 0 Å². The van der Waals surface area contributed by atoms with E-state index in [1.807, 2.05) is 0 Å². The van der Waals surface area contributed by atoms with Crippen molar-refractivity contribution >= 4 is 5.91 Å². The summed E-state index contributed by atoms with van der Waals surface area (Å²) in [6.45, 7) is 3.11. The molecule has 1 aliphatic rings. The van der Waals surface area contributed by atoms with Crippen LogP contribution in [0.5, 0.6) is 0 Å². The lowest BCUT2D eigenvalue weighted by molar-refractivity contribution is 0.0994. The number of imidazole rings is 1. The van der Waals surface area contributed by atoms with E-state index in [9.17, 15) is 4.79 Å². The molecule has 0 radical (unpaired) electrons. The summed E-state index contributed by atoms with van der Waals surface area (Å²) in [4.78, 5) is 15.6. The van der Waals surface area contributed by atoms with E-state index in [0.717, 1.165) is 43.7 Å². The maximum Gasteiger partial charge on any atom is 0.269 e. The number of aryl methyl sites for hydroxylation is 1. The summed E-state index contributed by atoms with van der Waals surface area (Å²) in [6, 6.07) is 0. The SMILES string of the molecule is CCCc1nc(C(N)=O)c2n1CCCC2. The van der Waals surface area contributed by atoms with Crippen molar-refractivity contribution < 1.29 is 4.79 Å². The fourth-order valence-corrected chi connectivity index (χ4v) is 2.23. The Balaban J connectivity index is 2.44. The Labute approximate surface area is 89.5 Å². The van der Waals surface area contributed by atoms with E-state index < -0.39 is 0 Å². The van der Waals surface area contributed by atoms with Gasteiger partial charge in [0.2, 0.25) is 0 Å². The van der Waals surface area contributed by atoms with Gasteiger partial charge in [0.25, 0.3) is 5.91 Å². The van der Waals surface area contributed by atoms with E-state index in [4.69, 9.17) is 5.73 Å². The molecule has 82 valence electrons. The zero-order valence-electron chi connectivity index (χ0n) is 9.12. The molecule has 2 rings (SSSR count). The third-order valence-electron chi connectivity index (χ3n) is 2.90. The quantitative estimate of drug-likeness (QED) is 0.811. The lowest BCUT2D eigenvalue weighted by Gasteiger charge is -2.16. The summed E-state index contributed by atoms with van der Waals surface area (Å²) in [5.41, 5.74) is 6.88. The highest BCUT2D eigenvalue weighted by atomic mass is 16.1. The maximum atomic E-state index is 11.2. The van der Waals surface area contributed by atoms with Gasteiger partial charge in [-0.25, -0.2) is 4.98 Å². The normalized spacial score (nSPS) is 15.0. The third-order valence-corrected chi connectivity index (χ3v) is 2.90. The molecule has 4 heteroatoms. The molecular formula is C11H17N3O. The van der Waals surface area contributed by atoms with E-state index in [1.165, 1.54) is 6.42 Å². The van der Waals surface area contributed by atoms with Crippen molar-refractivity contribution in [1.82, 2.24) is 9.55 Å². The molecule has 0 fully saturated rings. The largest absolute Gasteiger partial charge is 0.364 e. The van der Waals surface area contributed by atoms with Crippen molar-refractivity contribution in [2.75, 3.05) is 0 Å². The van der Waals surface area contributed by atoms with Crippen molar-refractivity contribution in [2.24, 2.45) is 5.73 Å². The lowest BCUT2D eigenvalue weighted by atomic mass is 10.1. The standard InChI is InChI=1S/C11H17N3O/c1-2-5-9-13-10(11(12)15)8-6-3-4-7-14(8)9/h2-7H2,1H3,(H2,12,15). The van der Waals surface area contributed by atoms with Crippen LogP contribution in [-0.2, 0) is 19.4 Å². The highest BCUT2D eigenvalue weighted by molar-refractivity contribution is 5.92. The van der Waals surface area contributed by atoms with Crippen LogP contribution in [0.15, 0.2) is 0 Å². The number of fused-ring (bicyclic) bond motifs is 1. The van der Waals surface area contributed by atoms with Crippen molar-refractivity contribution in [1.29, 1.82) is 0 Å². The number of nitrogens with two attached hydrogens (primary N) is 1. The van der Waals surface area contributed by atoms with Gasteiger partial charge >= 0.3 is 0 Å². The van der Waals surface area contributed by atoms with Crippen LogP contribution in [0, 0.1) is 0 Å². The molecule has 0 aromatic carbocycles. The number of primary amides is 1. The third kappa shape index (κ3) is 1.76. The molecule has 4 nitrogen and oxygen atoms in total. The number of hydrogen-bond donors (Lipinski definition) is 1. The van der Waals surface area contributed by atoms with Crippen LogP contribution in [0.4, 0.5) is 0 Å². The Bertz CT molecular complexity index is 381. The summed E-state index contributed by atoms with van der Waals surface area (Å²) in [7, 11) is 0. The number of carbonyl (C=O) groups excluding carboxylic acids is 1. The maximum absolute atomic E-state index is 11.2. The minimum Gasteiger partial charge on any atom is -0.364 e. The van der Waals surface area contributed by atoms with Gasteiger partial charge in [-0.3, -0.25) is 4.79 Å². The van der Waals surface area contributed by atoms with Gasteiger partial charge in [-0.1, -0.05) is 6.92 Å². The summed E-state index contributed by atoms with van der Waals surface area (Å²) in [5, 5.41) is 0. The fourth-order valence-electron chi connectivity index (χ4n) is 2.23. The van der Waals surface area contributed by atoms with Crippen molar-refractivity contribution in [3.8, 4) is 0 Å². The summed E-state index contributed by atoms with van der Waals surface area (Å²) in [6.07, 6.45) is 5.24. The first-order valence-corrected chi connectivity index (χ1v) is 5.62. The first-order valence-electron chi connectivity index (χ1n) is 5.62. The topological polar surface area (TPSA) is 60.9 Å². The number of nitrogens with zero attached hydrogens (tertiary/aromatic N) is 2. The molecule has 1 aromatic heterocycles. The summed E-state index contributed by atoms with van der Waals surface area (Å²) < 4.78 is 2.19. The van der Waals surface area contributed by atoms with Gasteiger partial charge in [0.05, 0.1) is 5.69 Å². The van der Waals surface area contributed by atoms with Crippen LogP contribution in [0.3, 0.4) is 0 Å². The van der Waals surface area contributed by atoms with Gasteiger partial charge in [0.15, 0.2) is 0 Å². The molecule has 1 amide bonds. The lowest BCUT2D eigenvalue weighted by Crippen LogP contribution is -2.17. The molecule has 1 aliphatic heterocycles. The highest BCUT2D eigenvalue weighted by Gasteiger charge is 2.21. The number of aromatic nitrogens is 2. The van der Waals surface area contributed by atoms with Crippen LogP contribution in [0.25, 0.3) is 0 Å². The average molecular weight is 207 g/mol. The molecule has 1 aromatic rings. The molecule has 0 saturated carbocycles. The second kappa shape index (κ2) is 4.04. The molecule has 2 N–H and O–H groups in total. The molecule has 0 bridgehead atoms. The molecule has 15 heavy (non-hydrogen) atoms. The van der Waals surface area contributed by atoms with Crippen molar-refractivity contribution in [2.45, 2.75) is 45.6 Å². The van der Waals surface area contributed by atoms with E-state index in [0.29, 0.717) is 5.69 Å². The van der Waals surface area contributed by atoms with Crippen LogP contribution in [-0.4, -0.2) is 15.5 Å². The predicted octanol–water partition coefficient (Wildman–Crippen LogP) is 1.27. The van der Waals surface area contributed by atoms with E-state index in [1.54, 1.807) is 0 Å². The van der Waals surface area contributed by atoms with Gasteiger partial charge in [-0.05, 0) is 25.7 Å². The molecule has 0 aliphatic carbocycles. The Morgan fingerprint density at radius 2 is 2.33 bits per heavy atom. The molecular weight excluding hydrogens is 190 g/mol. The minimum absolute atomic E-state index is 0.386. The van der Waals surface area contributed by atoms with Gasteiger partial charge in [-0.15, -0.1) is 0 Å². The number of rotatable bonds is 3. The predicted molar refractivity (Wildman–Crippen MR) is 57.7 cm³/mol. The van der Waals surface area contributed by atoms with Gasteiger partial charge < -0.3 is 10.3 Å². The Morgan fingerprint density at radius 3 is 3.00 bits per heavy atom. The summed E-state index contributed by atoms with van der Waals surface area (Å²) >= 11 is 0. The summed E-state index contributed by atoms with van der Waals surface area (Å²) in [5.74, 6) is 0.643. The van der Waals surface area contributed by atoms with E-state index in [-0.39, 0.29) is 5.91 Å². The van der Waals surface area contributed by atoms with E-state index >= 15 is 0 Å². The van der Waals surface area contributed by atoms with Crippen molar-refractivity contribution in [3.05, 3.63) is 17.2 Å². The number of hydrogen-bond acceptors (Lipinski definition) is 2. The van der Waals surface area contributed by atoms with Crippen LogP contribution in [0.1, 0.15) is 48.2 Å². The molecule has 0 saturated heterocycles.